The van der Waals surface area contributed by atoms with Crippen molar-refractivity contribution in [2.24, 2.45) is 12.2 Å². The maximum atomic E-state index is 13.2. The molecule has 5 heterocycles. The molecule has 1 unspecified atom stereocenters. The van der Waals surface area contributed by atoms with Gasteiger partial charge in [-0.05, 0) is 23.9 Å². The number of thioether (sulfide) groups is 2. The third-order valence-corrected chi connectivity index (χ3v) is 9.39. The first kappa shape index (κ1) is 30.0. The number of hydrogen-bond acceptors (Lipinski definition) is 15. The number of thiazole rings is 1. The average molecular weight is 649 g/mol. The summed E-state index contributed by atoms with van der Waals surface area (Å²) in [5.41, 5.74) is 10.3. The van der Waals surface area contributed by atoms with Crippen LogP contribution in [0.25, 0.3) is 5.65 Å². The number of nitrogen functional groups attached to an aromatic ring is 2. The van der Waals surface area contributed by atoms with Crippen molar-refractivity contribution < 1.29 is 38.8 Å². The Hall–Kier alpha value is -4.43. The number of aryl methyl sites for hydroxylation is 1. The predicted octanol–water partition coefficient (Wildman–Crippen LogP) is -2.05. The number of carboxylic acid groups (broad SMARTS) is 2. The fraction of sp³-hybridized carbons (Fsp3) is 0.348. The van der Waals surface area contributed by atoms with Gasteiger partial charge < -0.3 is 36.6 Å². The molecule has 226 valence electrons. The maximum Gasteiger partial charge on any atom is 0.350 e. The van der Waals surface area contributed by atoms with E-state index in [0.717, 1.165) is 16.2 Å². The molecule has 0 saturated carbocycles. The van der Waals surface area contributed by atoms with Crippen LogP contribution in [0.1, 0.15) is 19.5 Å². The predicted molar refractivity (Wildman–Crippen MR) is 152 cm³/mol. The summed E-state index contributed by atoms with van der Waals surface area (Å²) in [6, 6.07) is 0.532. The number of amides is 2. The summed E-state index contributed by atoms with van der Waals surface area (Å²) >= 11 is 3.46. The van der Waals surface area contributed by atoms with Gasteiger partial charge in [0, 0.05) is 22.0 Å². The van der Waals surface area contributed by atoms with Gasteiger partial charge in [-0.3, -0.25) is 14.5 Å². The first-order valence-electron chi connectivity index (χ1n) is 12.3. The van der Waals surface area contributed by atoms with E-state index < -0.39 is 46.5 Å². The van der Waals surface area contributed by atoms with Crippen LogP contribution in [0.5, 0.6) is 0 Å². The molecule has 0 spiro atoms. The Morgan fingerprint density at radius 1 is 1.35 bits per heavy atom. The number of aromatic nitrogens is 5. The van der Waals surface area contributed by atoms with Crippen molar-refractivity contribution in [2.75, 3.05) is 23.0 Å². The number of hydrogen-bond donors (Lipinski definition) is 4. The average Bonchev–Trinajstić information content (AvgIpc) is 3.54. The lowest BCUT2D eigenvalue weighted by Crippen LogP contribution is -2.71. The number of carbonyl (C=O) groups excluding carboxylic acids is 3. The van der Waals surface area contributed by atoms with Gasteiger partial charge in [0.05, 0.1) is 24.8 Å². The van der Waals surface area contributed by atoms with E-state index in [0.29, 0.717) is 16.4 Å². The fourth-order valence-corrected chi connectivity index (χ4v) is 7.06. The van der Waals surface area contributed by atoms with Crippen molar-refractivity contribution in [3.05, 3.63) is 34.7 Å². The summed E-state index contributed by atoms with van der Waals surface area (Å²) in [6.45, 7) is 2.47. The minimum atomic E-state index is -1.78. The van der Waals surface area contributed by atoms with Crippen LogP contribution in [0.4, 0.5) is 10.9 Å². The Bertz CT molecular complexity index is 1730. The van der Waals surface area contributed by atoms with Crippen LogP contribution in [0.3, 0.4) is 0 Å². The molecular weight excluding hydrogens is 625 g/mol. The number of fused-ring (bicyclic) bond motifs is 2. The van der Waals surface area contributed by atoms with E-state index in [1.165, 1.54) is 42.8 Å². The van der Waals surface area contributed by atoms with E-state index in [1.54, 1.807) is 28.5 Å². The van der Waals surface area contributed by atoms with Crippen LogP contribution < -0.4 is 26.5 Å². The van der Waals surface area contributed by atoms with E-state index in [1.807, 2.05) is 0 Å². The number of carbonyl (C=O) groups is 4. The molecule has 1 fully saturated rings. The van der Waals surface area contributed by atoms with Crippen LogP contribution in [-0.4, -0.2) is 87.6 Å². The second-order valence-electron chi connectivity index (χ2n) is 9.78. The van der Waals surface area contributed by atoms with Gasteiger partial charge in [-0.15, -0.1) is 23.1 Å². The van der Waals surface area contributed by atoms with Crippen molar-refractivity contribution in [3.63, 3.8) is 0 Å². The lowest BCUT2D eigenvalue weighted by atomic mass is 10.0. The summed E-state index contributed by atoms with van der Waals surface area (Å²) in [6.07, 6.45) is 1.58. The lowest BCUT2D eigenvalue weighted by Gasteiger charge is -2.50. The van der Waals surface area contributed by atoms with Crippen molar-refractivity contribution in [3.8, 4) is 0 Å². The highest BCUT2D eigenvalue weighted by Gasteiger charge is 2.53. The Labute approximate surface area is 255 Å². The zero-order valence-electron chi connectivity index (χ0n) is 22.7. The highest BCUT2D eigenvalue weighted by molar-refractivity contribution is 8.01. The molecular formula is C23H24N10O7S3. The summed E-state index contributed by atoms with van der Waals surface area (Å²) in [4.78, 5) is 64.6. The molecule has 2 atom stereocenters. The normalized spacial score (nSPS) is 18.8. The molecule has 0 aliphatic carbocycles. The summed E-state index contributed by atoms with van der Waals surface area (Å²) < 4.78 is 3.32. The smallest absolute Gasteiger partial charge is 0.350 e. The fourth-order valence-electron chi connectivity index (χ4n) is 4.07. The zero-order valence-corrected chi connectivity index (χ0v) is 25.2. The molecule has 20 heteroatoms. The van der Waals surface area contributed by atoms with Crippen LogP contribution >= 0.6 is 34.9 Å². The summed E-state index contributed by atoms with van der Waals surface area (Å²) in [5.74, 6) is -3.82. The molecule has 2 aliphatic rings. The van der Waals surface area contributed by atoms with Crippen molar-refractivity contribution >= 4 is 80.9 Å². The van der Waals surface area contributed by atoms with Gasteiger partial charge >= 0.3 is 5.97 Å². The molecule has 0 aromatic carbocycles. The summed E-state index contributed by atoms with van der Waals surface area (Å²) in [7, 11) is 1.79. The van der Waals surface area contributed by atoms with Gasteiger partial charge in [-0.1, -0.05) is 16.9 Å². The monoisotopic (exact) mass is 648 g/mol. The highest BCUT2D eigenvalue weighted by Crippen LogP contribution is 2.41. The molecule has 5 rings (SSSR count). The van der Waals surface area contributed by atoms with Crippen molar-refractivity contribution in [2.45, 2.75) is 36.0 Å². The number of β-lactam (4-membered cyclic amide) rings is 1. The number of rotatable bonds is 10. The van der Waals surface area contributed by atoms with E-state index in [2.05, 4.69) is 25.5 Å². The van der Waals surface area contributed by atoms with Crippen LogP contribution in [0.2, 0.25) is 0 Å². The van der Waals surface area contributed by atoms with Crippen LogP contribution in [0.15, 0.2) is 39.4 Å². The Morgan fingerprint density at radius 3 is 2.74 bits per heavy atom. The number of nitrogens with one attached hydrogen (secondary N) is 1. The van der Waals surface area contributed by atoms with E-state index in [9.17, 15) is 29.4 Å². The van der Waals surface area contributed by atoms with Gasteiger partial charge in [0.25, 0.3) is 28.9 Å². The molecule has 6 N–H and O–H groups in total. The molecule has 2 aliphatic heterocycles. The largest absolute Gasteiger partial charge is 0.543 e. The van der Waals surface area contributed by atoms with Crippen molar-refractivity contribution in [1.29, 1.82) is 0 Å². The first-order valence-corrected chi connectivity index (χ1v) is 15.2. The Balaban J connectivity index is 1.35. The number of nitrogens with two attached hydrogens (primary N) is 2. The Kier molecular flexibility index (Phi) is 7.92. The van der Waals surface area contributed by atoms with Crippen LogP contribution in [-0.2, 0) is 31.1 Å². The lowest BCUT2D eigenvalue weighted by molar-refractivity contribution is -0.646. The Morgan fingerprint density at radius 2 is 2.09 bits per heavy atom. The number of anilines is 2. The molecule has 3 aromatic rings. The molecule has 1 saturated heterocycles. The van der Waals surface area contributed by atoms with Gasteiger partial charge in [0.1, 0.15) is 22.9 Å². The second kappa shape index (κ2) is 11.3. The third-order valence-electron chi connectivity index (χ3n) is 6.36. The second-order valence-corrected chi connectivity index (χ2v) is 12.7. The number of aliphatic carboxylic acids is 2. The molecule has 0 radical (unpaired) electrons. The third kappa shape index (κ3) is 5.67. The van der Waals surface area contributed by atoms with Gasteiger partial charge in [-0.2, -0.15) is 4.98 Å². The van der Waals surface area contributed by atoms with Gasteiger partial charge in [-0.25, -0.2) is 14.3 Å². The first-order chi connectivity index (χ1) is 20.3. The number of carboxylic acids is 2. The van der Waals surface area contributed by atoms with Crippen LogP contribution in [0, 0.1) is 0 Å². The number of oxime groups is 1. The van der Waals surface area contributed by atoms with Crippen molar-refractivity contribution in [1.82, 2.24) is 29.8 Å². The molecule has 43 heavy (non-hydrogen) atoms. The molecule has 17 nitrogen and oxygen atoms in total. The van der Waals surface area contributed by atoms with E-state index in [4.69, 9.17) is 16.3 Å². The molecule has 0 bridgehead atoms. The minimum absolute atomic E-state index is 0.00536. The molecule has 2 amide bonds. The highest BCUT2D eigenvalue weighted by atomic mass is 32.2. The maximum absolute atomic E-state index is 13.2. The van der Waals surface area contributed by atoms with E-state index in [-0.39, 0.29) is 33.8 Å². The topological polar surface area (TPSA) is 247 Å². The minimum Gasteiger partial charge on any atom is -0.543 e. The quantitative estimate of drug-likeness (QED) is 0.0462. The number of nitrogens with zero attached hydrogens (tertiary/aromatic N) is 7. The van der Waals surface area contributed by atoms with Gasteiger partial charge in [0.15, 0.2) is 10.8 Å². The SMILES string of the molecule is C[n+]1cnn2c(SCC3=C(C(=O)[O-])N4C(=O)C(NC(=O)/C(=N\OC(C)(C)C(=O)O)c5csc(N)n5)[C@H]4SC3)nc(N)cc21. The standard InChI is InChI=1S/C23H24N10O7S3/c1-23(2,20(38)39)40-30-13(10-7-42-21(25)27-10)16(34)29-14-17(35)32-15(19(36)37)9(5-41-18(14)32)6-43-22-28-11(24)4-12-31(3)8-26-33(12)22/h4,7-8,14,18,24H,5-6H2,1-3H3,(H5,25,27,29,34,36,37,38,39)/b30-13-/t14?,18-/m1/s1. The molecule has 3 aromatic heterocycles. The van der Waals surface area contributed by atoms with E-state index >= 15 is 0 Å². The van der Waals surface area contributed by atoms with Gasteiger partial charge in [0.2, 0.25) is 5.60 Å². The zero-order chi connectivity index (χ0) is 31.2. The summed E-state index contributed by atoms with van der Waals surface area (Å²) in [5, 5.41) is 33.3.